The molecule has 1 atom stereocenters. The lowest BCUT2D eigenvalue weighted by Crippen LogP contribution is -2.28. The molecule has 0 spiro atoms. The minimum Gasteiger partial charge on any atom is -0.343 e. The maximum Gasteiger partial charge on any atom is 0.270 e. The van der Waals surface area contributed by atoms with Crippen molar-refractivity contribution in [2.24, 2.45) is 0 Å². The molecule has 0 aliphatic carbocycles. The van der Waals surface area contributed by atoms with Crippen LogP contribution in [0, 0.1) is 25.2 Å². The molecule has 21 heavy (non-hydrogen) atoms. The molecule has 0 saturated carbocycles. The average Bonchev–Trinajstić information content (AvgIpc) is 2.47. The van der Waals surface area contributed by atoms with Crippen LogP contribution in [-0.2, 0) is 0 Å². The number of nitriles is 1. The second-order valence-electron chi connectivity index (χ2n) is 4.66. The Balaban J connectivity index is 2.17. The molecular formula is C15H15N5O. The molecule has 6 heteroatoms. The van der Waals surface area contributed by atoms with E-state index in [0.29, 0.717) is 11.3 Å². The maximum absolute atomic E-state index is 12.2. The van der Waals surface area contributed by atoms with Gasteiger partial charge in [-0.25, -0.2) is 4.98 Å². The lowest BCUT2D eigenvalue weighted by molar-refractivity contribution is 0.0933. The summed E-state index contributed by atoms with van der Waals surface area (Å²) in [4.78, 5) is 24.7. The first kappa shape index (κ1) is 14.6. The van der Waals surface area contributed by atoms with Gasteiger partial charge in [0.15, 0.2) is 0 Å². The molecule has 0 radical (unpaired) electrons. The zero-order chi connectivity index (χ0) is 15.4. The van der Waals surface area contributed by atoms with Crippen LogP contribution >= 0.6 is 0 Å². The summed E-state index contributed by atoms with van der Waals surface area (Å²) in [6, 6.07) is 4.88. The highest BCUT2D eigenvalue weighted by molar-refractivity contribution is 5.92. The molecule has 6 nitrogen and oxygen atoms in total. The van der Waals surface area contributed by atoms with E-state index in [1.807, 2.05) is 19.9 Å². The van der Waals surface area contributed by atoms with Gasteiger partial charge in [-0.2, -0.15) is 5.26 Å². The lowest BCUT2D eigenvalue weighted by atomic mass is 10.1. The zero-order valence-electron chi connectivity index (χ0n) is 12.1. The van der Waals surface area contributed by atoms with E-state index < -0.39 is 0 Å². The average molecular weight is 281 g/mol. The maximum atomic E-state index is 12.2. The van der Waals surface area contributed by atoms with Gasteiger partial charge in [0.1, 0.15) is 11.8 Å². The van der Waals surface area contributed by atoms with Crippen molar-refractivity contribution in [1.29, 1.82) is 5.26 Å². The van der Waals surface area contributed by atoms with E-state index in [-0.39, 0.29) is 17.6 Å². The number of carbonyl (C=O) groups is 1. The molecular weight excluding hydrogens is 266 g/mol. The van der Waals surface area contributed by atoms with E-state index in [0.717, 1.165) is 11.4 Å². The van der Waals surface area contributed by atoms with Gasteiger partial charge in [-0.1, -0.05) is 0 Å². The van der Waals surface area contributed by atoms with E-state index in [4.69, 9.17) is 5.26 Å². The Hall–Kier alpha value is -2.81. The summed E-state index contributed by atoms with van der Waals surface area (Å²) < 4.78 is 0. The Morgan fingerprint density at radius 3 is 2.57 bits per heavy atom. The quantitative estimate of drug-likeness (QED) is 0.927. The molecule has 0 saturated heterocycles. The van der Waals surface area contributed by atoms with Crippen LogP contribution in [0.2, 0.25) is 0 Å². The number of hydrogen-bond donors (Lipinski definition) is 1. The van der Waals surface area contributed by atoms with Gasteiger partial charge in [0.05, 0.1) is 28.7 Å². The third-order valence-corrected chi connectivity index (χ3v) is 3.12. The van der Waals surface area contributed by atoms with Gasteiger partial charge in [0, 0.05) is 12.4 Å². The number of nitrogens with one attached hydrogen (secondary N) is 1. The van der Waals surface area contributed by atoms with Crippen LogP contribution in [0.3, 0.4) is 0 Å². The second kappa shape index (κ2) is 6.09. The van der Waals surface area contributed by atoms with Crippen LogP contribution in [-0.4, -0.2) is 20.9 Å². The molecule has 106 valence electrons. The standard InChI is InChI=1S/C15H15N5O/c1-9-12(8-16)4-5-13(19-9)15(21)20-11(3)14-10(2)17-6-7-18-14/h4-7,11H,1-3H3,(H,20,21)/t11-/m0/s1. The van der Waals surface area contributed by atoms with Crippen molar-refractivity contribution < 1.29 is 4.79 Å². The Bertz CT molecular complexity index is 720. The van der Waals surface area contributed by atoms with Crippen molar-refractivity contribution in [2.45, 2.75) is 26.8 Å². The predicted octanol–water partition coefficient (Wildman–Crippen LogP) is 1.85. The van der Waals surface area contributed by atoms with E-state index >= 15 is 0 Å². The van der Waals surface area contributed by atoms with Crippen LogP contribution in [0.1, 0.15) is 46.1 Å². The van der Waals surface area contributed by atoms with E-state index in [1.165, 1.54) is 6.07 Å². The summed E-state index contributed by atoms with van der Waals surface area (Å²) in [6.07, 6.45) is 3.20. The molecule has 2 rings (SSSR count). The number of nitrogens with zero attached hydrogens (tertiary/aromatic N) is 4. The Morgan fingerprint density at radius 1 is 1.24 bits per heavy atom. The fraction of sp³-hybridized carbons (Fsp3) is 0.267. The second-order valence-corrected chi connectivity index (χ2v) is 4.66. The summed E-state index contributed by atoms with van der Waals surface area (Å²) in [5, 5.41) is 11.7. The molecule has 1 amide bonds. The molecule has 2 heterocycles. The predicted molar refractivity (Wildman–Crippen MR) is 76.3 cm³/mol. The molecule has 1 N–H and O–H groups in total. The van der Waals surface area contributed by atoms with Crippen LogP contribution < -0.4 is 5.32 Å². The summed E-state index contributed by atoms with van der Waals surface area (Å²) in [5.74, 6) is -0.305. The number of carbonyl (C=O) groups excluding carboxylic acids is 1. The van der Waals surface area contributed by atoms with Crippen molar-refractivity contribution in [2.75, 3.05) is 0 Å². The molecule has 2 aromatic rings. The number of amides is 1. The van der Waals surface area contributed by atoms with Gasteiger partial charge in [0.25, 0.3) is 5.91 Å². The highest BCUT2D eigenvalue weighted by Crippen LogP contribution is 2.13. The SMILES string of the molecule is Cc1nc(C(=O)N[C@@H](C)c2nccnc2C)ccc1C#N. The van der Waals surface area contributed by atoms with E-state index in [9.17, 15) is 4.79 Å². The number of hydrogen-bond acceptors (Lipinski definition) is 5. The lowest BCUT2D eigenvalue weighted by Gasteiger charge is -2.14. The minimum absolute atomic E-state index is 0.274. The summed E-state index contributed by atoms with van der Waals surface area (Å²) in [6.45, 7) is 5.38. The Morgan fingerprint density at radius 2 is 1.95 bits per heavy atom. The molecule has 0 aliphatic rings. The highest BCUT2D eigenvalue weighted by atomic mass is 16.1. The largest absolute Gasteiger partial charge is 0.343 e. The van der Waals surface area contributed by atoms with Crippen molar-refractivity contribution in [3.8, 4) is 6.07 Å². The Labute approximate surface area is 122 Å². The Kier molecular flexibility index (Phi) is 4.24. The molecule has 0 aromatic carbocycles. The minimum atomic E-state index is -0.305. The number of aromatic nitrogens is 3. The zero-order valence-corrected chi connectivity index (χ0v) is 12.1. The molecule has 0 bridgehead atoms. The van der Waals surface area contributed by atoms with Crippen LogP contribution in [0.5, 0.6) is 0 Å². The third kappa shape index (κ3) is 3.20. The van der Waals surface area contributed by atoms with Crippen molar-refractivity contribution in [3.63, 3.8) is 0 Å². The van der Waals surface area contributed by atoms with E-state index in [1.54, 1.807) is 25.4 Å². The third-order valence-electron chi connectivity index (χ3n) is 3.12. The van der Waals surface area contributed by atoms with Crippen LogP contribution in [0.25, 0.3) is 0 Å². The normalized spacial score (nSPS) is 11.5. The number of aryl methyl sites for hydroxylation is 2. The molecule has 0 aliphatic heterocycles. The van der Waals surface area contributed by atoms with Gasteiger partial charge in [0.2, 0.25) is 0 Å². The summed E-state index contributed by atoms with van der Waals surface area (Å²) >= 11 is 0. The van der Waals surface area contributed by atoms with Crippen molar-refractivity contribution >= 4 is 5.91 Å². The van der Waals surface area contributed by atoms with Gasteiger partial charge < -0.3 is 5.32 Å². The van der Waals surface area contributed by atoms with Crippen molar-refractivity contribution in [3.05, 3.63) is 52.9 Å². The van der Waals surface area contributed by atoms with E-state index in [2.05, 4.69) is 20.3 Å². The highest BCUT2D eigenvalue weighted by Gasteiger charge is 2.16. The first-order chi connectivity index (χ1) is 10.0. The van der Waals surface area contributed by atoms with Crippen molar-refractivity contribution in [1.82, 2.24) is 20.3 Å². The van der Waals surface area contributed by atoms with Gasteiger partial charge in [-0.05, 0) is 32.9 Å². The first-order valence-corrected chi connectivity index (χ1v) is 6.49. The van der Waals surface area contributed by atoms with Gasteiger partial charge >= 0.3 is 0 Å². The number of rotatable bonds is 3. The van der Waals surface area contributed by atoms with Crippen LogP contribution in [0.4, 0.5) is 0 Å². The summed E-state index contributed by atoms with van der Waals surface area (Å²) in [7, 11) is 0. The fourth-order valence-corrected chi connectivity index (χ4v) is 1.99. The fourth-order valence-electron chi connectivity index (χ4n) is 1.99. The molecule has 0 fully saturated rings. The van der Waals surface area contributed by atoms with Gasteiger partial charge in [-0.15, -0.1) is 0 Å². The number of pyridine rings is 1. The molecule has 0 unspecified atom stereocenters. The van der Waals surface area contributed by atoms with Gasteiger partial charge in [-0.3, -0.25) is 14.8 Å². The summed E-state index contributed by atoms with van der Waals surface area (Å²) in [5.41, 5.74) is 2.77. The smallest absolute Gasteiger partial charge is 0.270 e. The molecule has 2 aromatic heterocycles. The van der Waals surface area contributed by atoms with Crippen LogP contribution in [0.15, 0.2) is 24.5 Å². The first-order valence-electron chi connectivity index (χ1n) is 6.49. The monoisotopic (exact) mass is 281 g/mol. The topological polar surface area (TPSA) is 91.6 Å².